The maximum Gasteiger partial charge on any atom is 0.115 e. The van der Waals surface area contributed by atoms with Crippen LogP contribution in [0.4, 0.5) is 0 Å². The first-order valence-electron chi connectivity index (χ1n) is 7.09. The van der Waals surface area contributed by atoms with Gasteiger partial charge in [0, 0.05) is 24.5 Å². The van der Waals surface area contributed by atoms with Crippen LogP contribution in [0, 0.1) is 0 Å². The van der Waals surface area contributed by atoms with Crippen molar-refractivity contribution >= 4 is 0 Å². The second-order valence-corrected chi connectivity index (χ2v) is 5.28. The molecule has 0 aliphatic heterocycles. The molecule has 0 saturated heterocycles. The predicted octanol–water partition coefficient (Wildman–Crippen LogP) is 3.46. The molecule has 0 bridgehead atoms. The molecule has 0 fully saturated rings. The zero-order valence-corrected chi connectivity index (χ0v) is 12.1. The molecule has 1 heterocycles. The summed E-state index contributed by atoms with van der Waals surface area (Å²) in [5, 5.41) is 12.9. The number of aryl methyl sites for hydroxylation is 1. The van der Waals surface area contributed by atoms with Crippen LogP contribution in [0.15, 0.2) is 48.8 Å². The molecule has 106 valence electrons. The van der Waals surface area contributed by atoms with Crippen LogP contribution in [-0.4, -0.2) is 16.1 Å². The highest BCUT2D eigenvalue weighted by molar-refractivity contribution is 5.26. The molecule has 20 heavy (non-hydrogen) atoms. The van der Waals surface area contributed by atoms with Crippen LogP contribution < -0.4 is 5.32 Å². The number of hydrogen-bond donors (Lipinski definition) is 2. The molecule has 2 unspecified atom stereocenters. The van der Waals surface area contributed by atoms with E-state index in [0.717, 1.165) is 12.8 Å². The molecule has 0 radical (unpaired) electrons. The van der Waals surface area contributed by atoms with Gasteiger partial charge in [-0.25, -0.2) is 0 Å². The second-order valence-electron chi connectivity index (χ2n) is 5.28. The molecule has 2 aromatic rings. The number of nitrogens with zero attached hydrogens (tertiary/aromatic N) is 1. The van der Waals surface area contributed by atoms with Gasteiger partial charge in [-0.1, -0.05) is 12.1 Å². The molecule has 2 rings (SSSR count). The summed E-state index contributed by atoms with van der Waals surface area (Å²) in [6, 6.07) is 12.3. The Hall–Kier alpha value is -1.87. The van der Waals surface area contributed by atoms with Crippen molar-refractivity contribution in [1.82, 2.24) is 10.3 Å². The molecule has 3 nitrogen and oxygen atoms in total. The first-order valence-corrected chi connectivity index (χ1v) is 7.09. The number of phenolic OH excluding ortho intramolecular Hbond substituents is 1. The molecule has 0 aliphatic rings. The highest BCUT2D eigenvalue weighted by Crippen LogP contribution is 2.15. The average molecular weight is 270 g/mol. The minimum absolute atomic E-state index is 0.325. The largest absolute Gasteiger partial charge is 0.508 e. The Balaban J connectivity index is 1.80. The molecule has 1 aromatic carbocycles. The molecule has 0 saturated carbocycles. The summed E-state index contributed by atoms with van der Waals surface area (Å²) in [6.07, 6.45) is 5.74. The van der Waals surface area contributed by atoms with E-state index in [1.807, 2.05) is 36.7 Å². The van der Waals surface area contributed by atoms with Crippen molar-refractivity contribution < 1.29 is 5.11 Å². The van der Waals surface area contributed by atoms with Crippen molar-refractivity contribution in [3.63, 3.8) is 0 Å². The molecular weight excluding hydrogens is 248 g/mol. The van der Waals surface area contributed by atoms with E-state index in [9.17, 15) is 5.11 Å². The lowest BCUT2D eigenvalue weighted by molar-refractivity contribution is 0.455. The zero-order valence-electron chi connectivity index (χ0n) is 12.1. The third-order valence-corrected chi connectivity index (χ3v) is 3.54. The van der Waals surface area contributed by atoms with Gasteiger partial charge in [0.1, 0.15) is 5.75 Å². The van der Waals surface area contributed by atoms with Gasteiger partial charge < -0.3 is 10.4 Å². The molecular formula is C17H22N2O. The van der Waals surface area contributed by atoms with Crippen LogP contribution in [0.1, 0.15) is 37.4 Å². The molecule has 3 heteroatoms. The summed E-state index contributed by atoms with van der Waals surface area (Å²) < 4.78 is 0. The van der Waals surface area contributed by atoms with E-state index in [1.165, 1.54) is 11.1 Å². The average Bonchev–Trinajstić information content (AvgIpc) is 2.47. The number of aromatic nitrogens is 1. The van der Waals surface area contributed by atoms with Crippen LogP contribution in [-0.2, 0) is 6.42 Å². The van der Waals surface area contributed by atoms with Crippen molar-refractivity contribution in [2.45, 2.75) is 38.8 Å². The normalized spacial score (nSPS) is 13.9. The second kappa shape index (κ2) is 7.06. The van der Waals surface area contributed by atoms with Gasteiger partial charge in [-0.3, -0.25) is 4.98 Å². The topological polar surface area (TPSA) is 45.1 Å². The maximum atomic E-state index is 9.26. The Bertz CT molecular complexity index is 510. The van der Waals surface area contributed by atoms with E-state index in [2.05, 4.69) is 24.1 Å². The van der Waals surface area contributed by atoms with E-state index in [1.54, 1.807) is 12.1 Å². The number of aromatic hydroxyl groups is 1. The van der Waals surface area contributed by atoms with Crippen LogP contribution in [0.25, 0.3) is 0 Å². The fourth-order valence-corrected chi connectivity index (χ4v) is 2.30. The van der Waals surface area contributed by atoms with Gasteiger partial charge in [0.25, 0.3) is 0 Å². The monoisotopic (exact) mass is 270 g/mol. The van der Waals surface area contributed by atoms with Gasteiger partial charge in [0.05, 0.1) is 0 Å². The van der Waals surface area contributed by atoms with Gasteiger partial charge in [-0.2, -0.15) is 0 Å². The maximum absolute atomic E-state index is 9.26. The summed E-state index contributed by atoms with van der Waals surface area (Å²) in [4.78, 5) is 4.04. The Labute approximate surface area is 120 Å². The molecule has 2 N–H and O–H groups in total. The van der Waals surface area contributed by atoms with Gasteiger partial charge in [-0.05, 0) is 62.1 Å². The highest BCUT2D eigenvalue weighted by atomic mass is 16.3. The third kappa shape index (κ3) is 4.35. The van der Waals surface area contributed by atoms with Gasteiger partial charge in [0.2, 0.25) is 0 Å². The van der Waals surface area contributed by atoms with E-state index in [0.29, 0.717) is 17.8 Å². The minimum atomic E-state index is 0.325. The van der Waals surface area contributed by atoms with Gasteiger partial charge >= 0.3 is 0 Å². The zero-order chi connectivity index (χ0) is 14.4. The lowest BCUT2D eigenvalue weighted by atomic mass is 10.0. The Morgan fingerprint density at radius 3 is 2.35 bits per heavy atom. The summed E-state index contributed by atoms with van der Waals surface area (Å²) in [5.74, 6) is 0.325. The number of pyridine rings is 1. The summed E-state index contributed by atoms with van der Waals surface area (Å²) >= 11 is 0. The van der Waals surface area contributed by atoms with Crippen molar-refractivity contribution in [3.8, 4) is 5.75 Å². The van der Waals surface area contributed by atoms with Crippen LogP contribution in [0.2, 0.25) is 0 Å². The van der Waals surface area contributed by atoms with Crippen LogP contribution >= 0.6 is 0 Å². The number of nitrogens with one attached hydrogen (secondary N) is 1. The molecule has 0 amide bonds. The highest BCUT2D eigenvalue weighted by Gasteiger charge is 2.09. The fourth-order valence-electron chi connectivity index (χ4n) is 2.30. The summed E-state index contributed by atoms with van der Waals surface area (Å²) in [7, 11) is 0. The van der Waals surface area contributed by atoms with Crippen molar-refractivity contribution in [1.29, 1.82) is 0 Å². The smallest absolute Gasteiger partial charge is 0.115 e. The number of phenols is 1. The molecule has 1 aromatic heterocycles. The van der Waals surface area contributed by atoms with Gasteiger partial charge in [-0.15, -0.1) is 0 Å². The SMILES string of the molecule is CC(CCc1ccc(O)cc1)NC(C)c1ccncc1. The number of benzene rings is 1. The molecule has 2 atom stereocenters. The first-order chi connectivity index (χ1) is 9.65. The first kappa shape index (κ1) is 14.5. The van der Waals surface area contributed by atoms with Crippen molar-refractivity contribution in [2.24, 2.45) is 0 Å². The standard InChI is InChI=1S/C17H22N2O/c1-13(3-4-15-5-7-17(20)8-6-15)19-14(2)16-9-11-18-12-10-16/h5-14,19-20H,3-4H2,1-2H3. The van der Waals surface area contributed by atoms with Crippen molar-refractivity contribution in [3.05, 3.63) is 59.9 Å². The third-order valence-electron chi connectivity index (χ3n) is 3.54. The number of rotatable bonds is 6. The summed E-state index contributed by atoms with van der Waals surface area (Å²) in [5.41, 5.74) is 2.52. The number of hydrogen-bond acceptors (Lipinski definition) is 3. The quantitative estimate of drug-likeness (QED) is 0.845. The van der Waals surface area contributed by atoms with E-state index < -0.39 is 0 Å². The van der Waals surface area contributed by atoms with Crippen LogP contribution in [0.5, 0.6) is 5.75 Å². The Kier molecular flexibility index (Phi) is 5.13. The molecule has 0 aliphatic carbocycles. The van der Waals surface area contributed by atoms with Gasteiger partial charge in [0.15, 0.2) is 0 Å². The fraction of sp³-hybridized carbons (Fsp3) is 0.353. The van der Waals surface area contributed by atoms with E-state index >= 15 is 0 Å². The van der Waals surface area contributed by atoms with Crippen molar-refractivity contribution in [2.75, 3.05) is 0 Å². The van der Waals surface area contributed by atoms with E-state index in [4.69, 9.17) is 0 Å². The Morgan fingerprint density at radius 2 is 1.70 bits per heavy atom. The van der Waals surface area contributed by atoms with Crippen LogP contribution in [0.3, 0.4) is 0 Å². The molecule has 0 spiro atoms. The minimum Gasteiger partial charge on any atom is -0.508 e. The lowest BCUT2D eigenvalue weighted by Gasteiger charge is -2.20. The van der Waals surface area contributed by atoms with E-state index in [-0.39, 0.29) is 0 Å². The summed E-state index contributed by atoms with van der Waals surface area (Å²) in [6.45, 7) is 4.38. The lowest BCUT2D eigenvalue weighted by Crippen LogP contribution is -2.29. The Morgan fingerprint density at radius 1 is 1.05 bits per heavy atom. The predicted molar refractivity (Wildman–Crippen MR) is 81.7 cm³/mol.